The fourth-order valence-corrected chi connectivity index (χ4v) is 5.05. The molecule has 1 aromatic heterocycles. The molecular formula is C23H29F2N4O+. The average molecular weight is 416 g/mol. The van der Waals surface area contributed by atoms with Gasteiger partial charge in [0.15, 0.2) is 0 Å². The van der Waals surface area contributed by atoms with Gasteiger partial charge in [0.1, 0.15) is 22.9 Å². The molecule has 2 aromatic rings. The molecular weight excluding hydrogens is 386 g/mol. The van der Waals surface area contributed by atoms with Crippen molar-refractivity contribution in [3.8, 4) is 0 Å². The smallest absolute Gasteiger partial charge is 0.283 e. The highest BCUT2D eigenvalue weighted by molar-refractivity contribution is 5.74. The molecule has 0 bridgehead atoms. The predicted octanol–water partition coefficient (Wildman–Crippen LogP) is 4.91. The molecule has 2 N–H and O–H groups in total. The Morgan fingerprint density at radius 1 is 1.13 bits per heavy atom. The van der Waals surface area contributed by atoms with Gasteiger partial charge in [-0.1, -0.05) is 0 Å². The van der Waals surface area contributed by atoms with E-state index >= 15 is 4.39 Å². The number of rotatable bonds is 5. The summed E-state index contributed by atoms with van der Waals surface area (Å²) in [6.07, 6.45) is 4.71. The minimum Gasteiger partial charge on any atom is -0.459 e. The predicted molar refractivity (Wildman–Crippen MR) is 114 cm³/mol. The molecule has 4 rings (SSSR count). The number of ether oxygens (including phenoxy) is 1. The van der Waals surface area contributed by atoms with Crippen LogP contribution in [-0.2, 0) is 10.3 Å². The Kier molecular flexibility index (Phi) is 5.04. The molecule has 1 saturated carbocycles. The Labute approximate surface area is 176 Å². The second-order valence-corrected chi connectivity index (χ2v) is 8.64. The van der Waals surface area contributed by atoms with Gasteiger partial charge in [-0.05, 0) is 52.2 Å². The van der Waals surface area contributed by atoms with Gasteiger partial charge in [-0.2, -0.15) is 0 Å². The van der Waals surface area contributed by atoms with Crippen LogP contribution in [0, 0.1) is 11.6 Å². The summed E-state index contributed by atoms with van der Waals surface area (Å²) in [5.41, 5.74) is 6.26. The van der Waals surface area contributed by atoms with Crippen LogP contribution in [0.25, 0.3) is 0 Å². The molecule has 2 heterocycles. The van der Waals surface area contributed by atoms with Crippen LogP contribution in [0.4, 0.5) is 20.3 Å². The zero-order valence-electron chi connectivity index (χ0n) is 17.8. The van der Waals surface area contributed by atoms with E-state index in [0.29, 0.717) is 29.6 Å². The van der Waals surface area contributed by atoms with Crippen molar-refractivity contribution < 1.29 is 13.5 Å². The highest BCUT2D eigenvalue weighted by atomic mass is 19.1. The van der Waals surface area contributed by atoms with E-state index in [4.69, 9.17) is 10.5 Å². The van der Waals surface area contributed by atoms with Crippen molar-refractivity contribution in [1.29, 1.82) is 0 Å². The third-order valence-corrected chi connectivity index (χ3v) is 6.86. The van der Waals surface area contributed by atoms with Crippen molar-refractivity contribution in [3.05, 3.63) is 53.7 Å². The summed E-state index contributed by atoms with van der Waals surface area (Å²) in [6, 6.07) is 8.39. The molecule has 30 heavy (non-hydrogen) atoms. The first-order chi connectivity index (χ1) is 14.3. The second kappa shape index (κ2) is 7.30. The third kappa shape index (κ3) is 3.25. The van der Waals surface area contributed by atoms with Gasteiger partial charge in [0.05, 0.1) is 24.8 Å². The summed E-state index contributed by atoms with van der Waals surface area (Å²) in [6.45, 7) is 7.40. The summed E-state index contributed by atoms with van der Waals surface area (Å²) in [5.74, 6) is 0.0234. The quantitative estimate of drug-likeness (QED) is 0.706. The van der Waals surface area contributed by atoms with E-state index in [9.17, 15) is 4.39 Å². The highest BCUT2D eigenvalue weighted by Crippen LogP contribution is 2.49. The number of aromatic nitrogens is 1. The number of nitrogens with zero attached hydrogens (tertiary/aromatic N) is 3. The summed E-state index contributed by atoms with van der Waals surface area (Å²) in [4.78, 5) is 8.89. The number of amidine groups is 1. The van der Waals surface area contributed by atoms with Crippen LogP contribution in [0.1, 0.15) is 52.0 Å². The van der Waals surface area contributed by atoms with Crippen molar-refractivity contribution in [2.45, 2.75) is 57.6 Å². The van der Waals surface area contributed by atoms with Gasteiger partial charge in [-0.3, -0.25) is 0 Å². The lowest BCUT2D eigenvalue weighted by atomic mass is 9.69. The second-order valence-electron chi connectivity index (χ2n) is 8.64. The fourth-order valence-electron chi connectivity index (χ4n) is 5.05. The summed E-state index contributed by atoms with van der Waals surface area (Å²) < 4.78 is 34.8. The van der Waals surface area contributed by atoms with Crippen LogP contribution in [0.2, 0.25) is 0 Å². The maximum Gasteiger partial charge on any atom is 0.283 e. The van der Waals surface area contributed by atoms with Gasteiger partial charge in [-0.25, -0.2) is 23.2 Å². The molecule has 1 aromatic carbocycles. The Bertz CT molecular complexity index is 968. The summed E-state index contributed by atoms with van der Waals surface area (Å²) >= 11 is 0. The topological polar surface area (TPSA) is 60.5 Å². The van der Waals surface area contributed by atoms with Crippen LogP contribution in [0.5, 0.6) is 0 Å². The Balaban J connectivity index is 1.83. The zero-order chi connectivity index (χ0) is 21.6. The van der Waals surface area contributed by atoms with Gasteiger partial charge in [0.2, 0.25) is 5.82 Å². The Morgan fingerprint density at radius 2 is 1.87 bits per heavy atom. The van der Waals surface area contributed by atoms with Crippen molar-refractivity contribution in [3.63, 3.8) is 0 Å². The molecule has 0 unspecified atom stereocenters. The minimum absolute atomic E-state index is 0.125. The molecule has 7 heteroatoms. The van der Waals surface area contributed by atoms with E-state index < -0.39 is 5.54 Å². The maximum absolute atomic E-state index is 15.1. The molecule has 1 atom stereocenters. The first kappa shape index (κ1) is 20.7. The number of nitrogens with two attached hydrogens (primary N) is 1. The van der Waals surface area contributed by atoms with Crippen molar-refractivity contribution in [1.82, 2.24) is 9.47 Å². The number of pyridine rings is 1. The van der Waals surface area contributed by atoms with Gasteiger partial charge in [0, 0.05) is 30.2 Å². The van der Waals surface area contributed by atoms with Gasteiger partial charge < -0.3 is 10.5 Å². The summed E-state index contributed by atoms with van der Waals surface area (Å²) in [5, 5.41) is 0. The van der Waals surface area contributed by atoms with E-state index in [1.165, 1.54) is 18.3 Å². The number of hydrogen-bond acceptors (Lipinski definition) is 4. The first-order valence-electron chi connectivity index (χ1n) is 10.6. The van der Waals surface area contributed by atoms with E-state index in [-0.39, 0.29) is 23.3 Å². The zero-order valence-corrected chi connectivity index (χ0v) is 17.8. The fraction of sp³-hybridized carbons (Fsp3) is 0.478. The normalized spacial score (nSPS) is 22.9. The Morgan fingerprint density at radius 3 is 2.43 bits per heavy atom. The molecule has 2 aliphatic rings. The van der Waals surface area contributed by atoms with E-state index in [1.54, 1.807) is 12.1 Å². The minimum atomic E-state index is -0.809. The average Bonchev–Trinajstić information content (AvgIpc) is 2.69. The SMILES string of the molecule is CC[N+](CC)(c1ccc(F)c([C@]2(C)CC3(CCC3)OC(N)=N2)c1)c1ccc(F)cn1. The lowest BCUT2D eigenvalue weighted by Gasteiger charge is -2.49. The molecule has 160 valence electrons. The van der Waals surface area contributed by atoms with Crippen LogP contribution in [0.3, 0.4) is 0 Å². The number of hydrogen-bond donors (Lipinski definition) is 1. The Hall–Kier alpha value is -2.54. The van der Waals surface area contributed by atoms with Crippen LogP contribution >= 0.6 is 0 Å². The van der Waals surface area contributed by atoms with E-state index in [0.717, 1.165) is 30.8 Å². The standard InChI is InChI=1S/C23H29F2N4O/c1-4-29(5-2,20-10-7-16(24)14-27-20)17-8-9-19(25)18(13-17)22(3)15-23(11-6-12-23)30-21(26)28-22/h7-10,13-14H,4-6,11-12,15H2,1-3H3,(H2,26,28)/q+1/t22-/m0/s1. The monoisotopic (exact) mass is 415 g/mol. The van der Waals surface area contributed by atoms with Crippen LogP contribution in [-0.4, -0.2) is 29.7 Å². The summed E-state index contributed by atoms with van der Waals surface area (Å²) in [7, 11) is 0. The number of aliphatic imine (C=N–C) groups is 1. The molecule has 0 saturated heterocycles. The first-order valence-corrected chi connectivity index (χ1v) is 10.6. The number of halogens is 2. The maximum atomic E-state index is 15.1. The van der Waals surface area contributed by atoms with Crippen LogP contribution in [0.15, 0.2) is 41.5 Å². The van der Waals surface area contributed by atoms with Gasteiger partial charge in [-0.15, -0.1) is 0 Å². The molecule has 1 aliphatic carbocycles. The third-order valence-electron chi connectivity index (χ3n) is 6.86. The van der Waals surface area contributed by atoms with Crippen molar-refractivity contribution >= 4 is 17.5 Å². The van der Waals surface area contributed by atoms with Crippen molar-refractivity contribution in [2.75, 3.05) is 13.1 Å². The van der Waals surface area contributed by atoms with Crippen molar-refractivity contribution in [2.24, 2.45) is 10.7 Å². The molecule has 1 fully saturated rings. The lowest BCUT2D eigenvalue weighted by Crippen LogP contribution is -2.52. The van der Waals surface area contributed by atoms with E-state index in [2.05, 4.69) is 9.98 Å². The molecule has 0 radical (unpaired) electrons. The highest BCUT2D eigenvalue weighted by Gasteiger charge is 2.50. The molecule has 1 spiro atoms. The lowest BCUT2D eigenvalue weighted by molar-refractivity contribution is -0.0583. The molecule has 5 nitrogen and oxygen atoms in total. The van der Waals surface area contributed by atoms with E-state index in [1.807, 2.05) is 26.8 Å². The van der Waals surface area contributed by atoms with Crippen LogP contribution < -0.4 is 10.2 Å². The number of benzene rings is 1. The largest absolute Gasteiger partial charge is 0.459 e. The number of quaternary nitrogens is 1. The molecule has 0 amide bonds. The van der Waals surface area contributed by atoms with Gasteiger partial charge in [0.25, 0.3) is 6.02 Å². The molecule has 1 aliphatic heterocycles. The van der Waals surface area contributed by atoms with Gasteiger partial charge >= 0.3 is 0 Å².